The second-order valence-corrected chi connectivity index (χ2v) is 5.73. The van der Waals surface area contributed by atoms with Crippen molar-refractivity contribution in [2.24, 2.45) is 0 Å². The van der Waals surface area contributed by atoms with E-state index in [0.29, 0.717) is 23.7 Å². The van der Waals surface area contributed by atoms with Gasteiger partial charge in [-0.25, -0.2) is 0 Å². The lowest BCUT2D eigenvalue weighted by Gasteiger charge is -2.26. The van der Waals surface area contributed by atoms with Crippen molar-refractivity contribution in [3.63, 3.8) is 0 Å². The largest absolute Gasteiger partial charge is 0.494 e. The number of anilines is 2. The Bertz CT molecular complexity index is 787. The zero-order valence-corrected chi connectivity index (χ0v) is 14.2. The van der Waals surface area contributed by atoms with Gasteiger partial charge in [0.1, 0.15) is 11.5 Å². The molecule has 2 amide bonds. The van der Waals surface area contributed by atoms with Crippen LogP contribution in [0.5, 0.6) is 11.5 Å². The summed E-state index contributed by atoms with van der Waals surface area (Å²) in [6.45, 7) is 2.57. The first kappa shape index (κ1) is 16.8. The number of carbonyl (C=O) groups excluding carboxylic acids is 2. The standard InChI is InChI=1S/C19H20N2O4/c1-3-24-15-7-4-13(5-8-15)10-18(22)20-14-6-9-17-16(11-14)21(2)19(23)12-25-17/h4-9,11H,3,10,12H2,1-2H3,(H,20,22). The maximum atomic E-state index is 12.3. The molecular weight excluding hydrogens is 320 g/mol. The molecule has 0 fully saturated rings. The zero-order valence-electron chi connectivity index (χ0n) is 14.2. The second kappa shape index (κ2) is 7.25. The van der Waals surface area contributed by atoms with Crippen molar-refractivity contribution in [2.45, 2.75) is 13.3 Å². The van der Waals surface area contributed by atoms with Crippen molar-refractivity contribution < 1.29 is 19.1 Å². The number of nitrogens with one attached hydrogen (secondary N) is 1. The Morgan fingerprint density at radius 1 is 1.24 bits per heavy atom. The van der Waals surface area contributed by atoms with E-state index >= 15 is 0 Å². The van der Waals surface area contributed by atoms with Gasteiger partial charge in [-0.3, -0.25) is 9.59 Å². The van der Waals surface area contributed by atoms with Gasteiger partial charge in [0.2, 0.25) is 5.91 Å². The minimum Gasteiger partial charge on any atom is -0.494 e. The van der Waals surface area contributed by atoms with Crippen molar-refractivity contribution in [3.05, 3.63) is 48.0 Å². The monoisotopic (exact) mass is 340 g/mol. The Morgan fingerprint density at radius 3 is 2.72 bits per heavy atom. The van der Waals surface area contributed by atoms with Gasteiger partial charge in [-0.15, -0.1) is 0 Å². The summed E-state index contributed by atoms with van der Waals surface area (Å²) in [6.07, 6.45) is 0.259. The van der Waals surface area contributed by atoms with Crippen LogP contribution in [-0.4, -0.2) is 32.1 Å². The summed E-state index contributed by atoms with van der Waals surface area (Å²) in [5.41, 5.74) is 2.17. The first-order chi connectivity index (χ1) is 12.1. The normalized spacial score (nSPS) is 13.0. The molecule has 0 unspecified atom stereocenters. The average Bonchev–Trinajstić information content (AvgIpc) is 2.60. The molecule has 2 aromatic rings. The fourth-order valence-corrected chi connectivity index (χ4v) is 2.61. The van der Waals surface area contributed by atoms with E-state index in [1.165, 1.54) is 4.90 Å². The molecule has 1 aliphatic rings. The highest BCUT2D eigenvalue weighted by Crippen LogP contribution is 2.33. The Labute approximate surface area is 146 Å². The van der Waals surface area contributed by atoms with Crippen molar-refractivity contribution in [1.29, 1.82) is 0 Å². The van der Waals surface area contributed by atoms with Gasteiger partial charge in [0, 0.05) is 12.7 Å². The van der Waals surface area contributed by atoms with E-state index in [4.69, 9.17) is 9.47 Å². The van der Waals surface area contributed by atoms with Gasteiger partial charge in [-0.1, -0.05) is 12.1 Å². The highest BCUT2D eigenvalue weighted by molar-refractivity contribution is 5.99. The quantitative estimate of drug-likeness (QED) is 0.908. The molecule has 0 bridgehead atoms. The molecule has 0 spiro atoms. The van der Waals surface area contributed by atoms with Gasteiger partial charge in [0.15, 0.2) is 6.61 Å². The van der Waals surface area contributed by atoms with Gasteiger partial charge in [0.05, 0.1) is 18.7 Å². The van der Waals surface area contributed by atoms with Crippen molar-refractivity contribution in [2.75, 3.05) is 30.5 Å². The van der Waals surface area contributed by atoms with E-state index in [2.05, 4.69) is 5.32 Å². The summed E-state index contributed by atoms with van der Waals surface area (Å²) < 4.78 is 10.8. The summed E-state index contributed by atoms with van der Waals surface area (Å²) in [7, 11) is 1.69. The molecule has 0 radical (unpaired) electrons. The Balaban J connectivity index is 1.66. The number of rotatable bonds is 5. The molecule has 130 valence electrons. The van der Waals surface area contributed by atoms with Crippen LogP contribution < -0.4 is 19.7 Å². The first-order valence-corrected chi connectivity index (χ1v) is 8.12. The van der Waals surface area contributed by atoms with Gasteiger partial charge in [-0.2, -0.15) is 0 Å². The molecule has 1 N–H and O–H groups in total. The third-order valence-corrected chi connectivity index (χ3v) is 3.93. The number of hydrogen-bond donors (Lipinski definition) is 1. The van der Waals surface area contributed by atoms with Crippen molar-refractivity contribution >= 4 is 23.2 Å². The van der Waals surface area contributed by atoms with Crippen LogP contribution in [0.1, 0.15) is 12.5 Å². The summed E-state index contributed by atoms with van der Waals surface area (Å²) >= 11 is 0. The minimum atomic E-state index is -0.130. The molecule has 2 aromatic carbocycles. The summed E-state index contributed by atoms with van der Waals surface area (Å²) in [4.78, 5) is 25.5. The summed E-state index contributed by atoms with van der Waals surface area (Å²) in [5, 5.41) is 2.85. The van der Waals surface area contributed by atoms with E-state index in [9.17, 15) is 9.59 Å². The van der Waals surface area contributed by atoms with E-state index < -0.39 is 0 Å². The highest BCUT2D eigenvalue weighted by Gasteiger charge is 2.22. The minimum absolute atomic E-state index is 0.0347. The highest BCUT2D eigenvalue weighted by atomic mass is 16.5. The van der Waals surface area contributed by atoms with Crippen LogP contribution in [0.25, 0.3) is 0 Å². The molecule has 25 heavy (non-hydrogen) atoms. The Hall–Kier alpha value is -3.02. The topological polar surface area (TPSA) is 67.9 Å². The van der Waals surface area contributed by atoms with Crippen LogP contribution in [0.15, 0.2) is 42.5 Å². The number of hydrogen-bond acceptors (Lipinski definition) is 4. The van der Waals surface area contributed by atoms with Crippen LogP contribution >= 0.6 is 0 Å². The summed E-state index contributed by atoms with van der Waals surface area (Å²) in [6, 6.07) is 12.7. The third kappa shape index (κ3) is 3.91. The lowest BCUT2D eigenvalue weighted by Crippen LogP contribution is -2.35. The maximum Gasteiger partial charge on any atom is 0.264 e. The number of likely N-dealkylation sites (N-methyl/N-ethyl adjacent to an activating group) is 1. The van der Waals surface area contributed by atoms with Gasteiger partial charge >= 0.3 is 0 Å². The van der Waals surface area contributed by atoms with Crippen LogP contribution in [0.3, 0.4) is 0 Å². The number of nitrogens with zero attached hydrogens (tertiary/aromatic N) is 1. The summed E-state index contributed by atoms with van der Waals surface area (Å²) in [5.74, 6) is 1.17. The second-order valence-electron chi connectivity index (χ2n) is 5.73. The van der Waals surface area contributed by atoms with Crippen LogP contribution in [0.2, 0.25) is 0 Å². The van der Waals surface area contributed by atoms with Gasteiger partial charge in [0.25, 0.3) is 5.91 Å². The SMILES string of the molecule is CCOc1ccc(CC(=O)Nc2ccc3c(c2)N(C)C(=O)CO3)cc1. The molecule has 0 saturated heterocycles. The Morgan fingerprint density at radius 2 is 2.00 bits per heavy atom. The zero-order chi connectivity index (χ0) is 17.8. The fraction of sp³-hybridized carbons (Fsp3) is 0.263. The smallest absolute Gasteiger partial charge is 0.264 e. The van der Waals surface area contributed by atoms with Crippen molar-refractivity contribution in [3.8, 4) is 11.5 Å². The van der Waals surface area contributed by atoms with Crippen LogP contribution in [-0.2, 0) is 16.0 Å². The fourth-order valence-electron chi connectivity index (χ4n) is 2.61. The first-order valence-electron chi connectivity index (χ1n) is 8.12. The maximum absolute atomic E-state index is 12.3. The average molecular weight is 340 g/mol. The van der Waals surface area contributed by atoms with Gasteiger partial charge < -0.3 is 19.7 Å². The van der Waals surface area contributed by atoms with Gasteiger partial charge in [-0.05, 0) is 42.8 Å². The van der Waals surface area contributed by atoms with Crippen LogP contribution in [0, 0.1) is 0 Å². The molecule has 1 aliphatic heterocycles. The molecule has 0 aromatic heterocycles. The molecule has 0 atom stereocenters. The van der Waals surface area contributed by atoms with Crippen LogP contribution in [0.4, 0.5) is 11.4 Å². The molecule has 3 rings (SSSR count). The number of carbonyl (C=O) groups is 2. The van der Waals surface area contributed by atoms with E-state index in [1.807, 2.05) is 31.2 Å². The lowest BCUT2D eigenvalue weighted by molar-refractivity contribution is -0.121. The van der Waals surface area contributed by atoms with E-state index in [-0.39, 0.29) is 24.8 Å². The Kier molecular flexibility index (Phi) is 4.88. The molecular formula is C19H20N2O4. The van der Waals surface area contributed by atoms with E-state index in [1.54, 1.807) is 25.2 Å². The van der Waals surface area contributed by atoms with Crippen molar-refractivity contribution in [1.82, 2.24) is 0 Å². The molecule has 6 nitrogen and oxygen atoms in total. The van der Waals surface area contributed by atoms with E-state index in [0.717, 1.165) is 11.3 Å². The number of ether oxygens (including phenoxy) is 2. The number of amides is 2. The third-order valence-electron chi connectivity index (χ3n) is 3.93. The molecule has 1 heterocycles. The molecule has 0 aliphatic carbocycles. The molecule has 6 heteroatoms. The molecule has 0 saturated carbocycles. The lowest BCUT2D eigenvalue weighted by atomic mass is 10.1. The predicted octanol–water partition coefficient (Wildman–Crippen LogP) is 2.62. The number of benzene rings is 2. The predicted molar refractivity (Wildman–Crippen MR) is 95.3 cm³/mol. The number of fused-ring (bicyclic) bond motifs is 1.